The summed E-state index contributed by atoms with van der Waals surface area (Å²) < 4.78 is 6.43. The van der Waals surface area contributed by atoms with Crippen LogP contribution in [-0.2, 0) is 23.1 Å². The highest BCUT2D eigenvalue weighted by atomic mass is 35.5. The number of rotatable bonds is 6. The van der Waals surface area contributed by atoms with Crippen LogP contribution in [0.5, 0.6) is 0 Å². The highest BCUT2D eigenvalue weighted by molar-refractivity contribution is 6.29. The maximum atomic E-state index is 10.9. The summed E-state index contributed by atoms with van der Waals surface area (Å²) in [6.07, 6.45) is 2.86. The van der Waals surface area contributed by atoms with E-state index in [0.29, 0.717) is 18.1 Å². The van der Waals surface area contributed by atoms with Gasteiger partial charge in [0.25, 0.3) is 0 Å². The van der Waals surface area contributed by atoms with Crippen molar-refractivity contribution in [3.63, 3.8) is 0 Å². The van der Waals surface area contributed by atoms with Gasteiger partial charge in [-0.2, -0.15) is 0 Å². The van der Waals surface area contributed by atoms with E-state index >= 15 is 0 Å². The average molecular weight is 260 g/mol. The first-order valence-electron chi connectivity index (χ1n) is 5.46. The number of halogens is 1. The van der Waals surface area contributed by atoms with Crippen LogP contribution in [0.3, 0.4) is 0 Å². The van der Waals surface area contributed by atoms with E-state index in [1.54, 1.807) is 6.20 Å². The van der Waals surface area contributed by atoms with E-state index in [2.05, 4.69) is 14.6 Å². The molecule has 0 amide bonds. The number of aromatic nitrogens is 2. The first-order valence-corrected chi connectivity index (χ1v) is 5.84. The lowest BCUT2D eigenvalue weighted by Gasteiger charge is -2.15. The lowest BCUT2D eigenvalue weighted by molar-refractivity contribution is -0.140. The molecule has 0 radical (unpaired) electrons. The van der Waals surface area contributed by atoms with Gasteiger partial charge in [-0.3, -0.25) is 9.69 Å². The molecule has 0 saturated carbocycles. The Morgan fingerprint density at radius 1 is 1.65 bits per heavy atom. The molecule has 0 aliphatic rings. The number of methoxy groups -OCH3 is 1. The Morgan fingerprint density at radius 3 is 2.88 bits per heavy atom. The number of hydrogen-bond acceptors (Lipinski definition) is 4. The van der Waals surface area contributed by atoms with Gasteiger partial charge in [0.1, 0.15) is 11.0 Å². The van der Waals surface area contributed by atoms with Crippen molar-refractivity contribution in [1.82, 2.24) is 14.5 Å². The van der Waals surface area contributed by atoms with Crippen molar-refractivity contribution in [2.45, 2.75) is 19.4 Å². The molecule has 1 aromatic heterocycles. The van der Waals surface area contributed by atoms with Crippen LogP contribution in [0.4, 0.5) is 0 Å². The van der Waals surface area contributed by atoms with Crippen LogP contribution in [0.25, 0.3) is 0 Å². The predicted octanol–water partition coefficient (Wildman–Crippen LogP) is 1.46. The van der Waals surface area contributed by atoms with Gasteiger partial charge < -0.3 is 9.30 Å². The van der Waals surface area contributed by atoms with E-state index in [4.69, 9.17) is 11.6 Å². The summed E-state index contributed by atoms with van der Waals surface area (Å²) in [4.78, 5) is 17.2. The van der Waals surface area contributed by atoms with Gasteiger partial charge in [0, 0.05) is 13.5 Å². The van der Waals surface area contributed by atoms with E-state index in [9.17, 15) is 4.79 Å². The van der Waals surface area contributed by atoms with Crippen molar-refractivity contribution in [3.8, 4) is 0 Å². The van der Waals surface area contributed by atoms with Crippen LogP contribution in [0.15, 0.2) is 6.20 Å². The molecule has 0 bridgehead atoms. The number of imidazole rings is 1. The van der Waals surface area contributed by atoms with Crippen molar-refractivity contribution in [2.24, 2.45) is 7.05 Å². The second kappa shape index (κ2) is 6.61. The third-order valence-corrected chi connectivity index (χ3v) is 2.94. The normalized spacial score (nSPS) is 10.9. The third kappa shape index (κ3) is 4.36. The maximum Gasteiger partial charge on any atom is 0.305 e. The molecule has 0 fully saturated rings. The van der Waals surface area contributed by atoms with Crippen molar-refractivity contribution >= 4 is 17.6 Å². The molecule has 0 aliphatic heterocycles. The first kappa shape index (κ1) is 14.0. The molecule has 0 unspecified atom stereocenters. The van der Waals surface area contributed by atoms with E-state index in [1.165, 1.54) is 7.11 Å². The highest BCUT2D eigenvalue weighted by Crippen LogP contribution is 2.10. The number of carbonyl (C=O) groups excluding carboxylic acids is 1. The van der Waals surface area contributed by atoms with E-state index < -0.39 is 0 Å². The Hall–Kier alpha value is -1.07. The Bertz CT molecular complexity index is 379. The summed E-state index contributed by atoms with van der Waals surface area (Å²) in [6, 6.07) is 0. The van der Waals surface area contributed by atoms with Crippen molar-refractivity contribution in [1.29, 1.82) is 0 Å². The largest absolute Gasteiger partial charge is 0.469 e. The second-order valence-corrected chi connectivity index (χ2v) is 4.36. The third-order valence-electron chi connectivity index (χ3n) is 2.59. The average Bonchev–Trinajstić information content (AvgIpc) is 2.60. The van der Waals surface area contributed by atoms with Gasteiger partial charge in [-0.1, -0.05) is 11.6 Å². The molecular weight excluding hydrogens is 242 g/mol. The molecule has 0 N–H and O–H groups in total. The number of carbonyl (C=O) groups is 1. The van der Waals surface area contributed by atoms with Crippen LogP contribution < -0.4 is 0 Å². The number of nitrogens with zero attached hydrogens (tertiary/aromatic N) is 3. The Labute approximate surface area is 106 Å². The lowest BCUT2D eigenvalue weighted by Crippen LogP contribution is -2.22. The zero-order valence-electron chi connectivity index (χ0n) is 10.4. The van der Waals surface area contributed by atoms with Crippen LogP contribution in [0.1, 0.15) is 18.7 Å². The second-order valence-electron chi connectivity index (χ2n) is 3.97. The smallest absolute Gasteiger partial charge is 0.305 e. The lowest BCUT2D eigenvalue weighted by atomic mass is 10.3. The van der Waals surface area contributed by atoms with Gasteiger partial charge in [-0.05, 0) is 20.0 Å². The summed E-state index contributed by atoms with van der Waals surface area (Å²) in [5.41, 5.74) is 0. The van der Waals surface area contributed by atoms with Gasteiger partial charge in [0.15, 0.2) is 0 Å². The van der Waals surface area contributed by atoms with Gasteiger partial charge in [-0.15, -0.1) is 0 Å². The molecular formula is C11H18ClN3O2. The van der Waals surface area contributed by atoms with Gasteiger partial charge in [-0.25, -0.2) is 4.98 Å². The predicted molar refractivity (Wildman–Crippen MR) is 65.8 cm³/mol. The van der Waals surface area contributed by atoms with Gasteiger partial charge in [0.2, 0.25) is 0 Å². The molecule has 0 aliphatic carbocycles. The summed E-state index contributed by atoms with van der Waals surface area (Å²) in [6.45, 7) is 1.53. The molecule has 96 valence electrons. The van der Waals surface area contributed by atoms with Crippen LogP contribution in [0.2, 0.25) is 5.15 Å². The topological polar surface area (TPSA) is 47.4 Å². The number of ether oxygens (including phenoxy) is 1. The maximum absolute atomic E-state index is 10.9. The standard InChI is InChI=1S/C11H18ClN3O2/c1-14(6-4-5-11(16)17-3)8-10-13-7-9(12)15(10)2/h7H,4-6,8H2,1-3H3. The zero-order chi connectivity index (χ0) is 12.8. The van der Waals surface area contributed by atoms with Crippen molar-refractivity contribution in [2.75, 3.05) is 20.7 Å². The fraction of sp³-hybridized carbons (Fsp3) is 0.636. The molecule has 17 heavy (non-hydrogen) atoms. The van der Waals surface area contributed by atoms with Crippen molar-refractivity contribution in [3.05, 3.63) is 17.2 Å². The minimum Gasteiger partial charge on any atom is -0.469 e. The van der Waals surface area contributed by atoms with Crippen LogP contribution in [0, 0.1) is 0 Å². The number of esters is 1. The summed E-state index contributed by atoms with van der Waals surface area (Å²) in [5, 5.41) is 0.628. The molecule has 0 aromatic carbocycles. The molecule has 6 heteroatoms. The van der Waals surface area contributed by atoms with Gasteiger partial charge >= 0.3 is 5.97 Å². The Morgan fingerprint density at radius 2 is 2.35 bits per heavy atom. The molecule has 1 heterocycles. The van der Waals surface area contributed by atoms with Crippen molar-refractivity contribution < 1.29 is 9.53 Å². The SMILES string of the molecule is COC(=O)CCCN(C)Cc1ncc(Cl)n1C. The molecule has 0 saturated heterocycles. The summed E-state index contributed by atoms with van der Waals surface area (Å²) >= 11 is 5.90. The van der Waals surface area contributed by atoms with E-state index in [-0.39, 0.29) is 5.97 Å². The molecule has 1 aromatic rings. The Balaban J connectivity index is 2.32. The quantitative estimate of drug-likeness (QED) is 0.726. The zero-order valence-corrected chi connectivity index (χ0v) is 11.2. The molecule has 0 atom stereocenters. The minimum absolute atomic E-state index is 0.168. The van der Waals surface area contributed by atoms with Gasteiger partial charge in [0.05, 0.1) is 19.9 Å². The molecule has 5 nitrogen and oxygen atoms in total. The highest BCUT2D eigenvalue weighted by Gasteiger charge is 2.08. The van der Waals surface area contributed by atoms with Crippen LogP contribution >= 0.6 is 11.6 Å². The summed E-state index contributed by atoms with van der Waals surface area (Å²) in [5.74, 6) is 0.744. The number of hydrogen-bond donors (Lipinski definition) is 0. The fourth-order valence-corrected chi connectivity index (χ4v) is 1.63. The molecule has 0 spiro atoms. The minimum atomic E-state index is -0.168. The molecule has 1 rings (SSSR count). The van der Waals surface area contributed by atoms with E-state index in [0.717, 1.165) is 18.8 Å². The Kier molecular flexibility index (Phi) is 5.44. The fourth-order valence-electron chi connectivity index (χ4n) is 1.49. The van der Waals surface area contributed by atoms with Crippen LogP contribution in [-0.4, -0.2) is 41.1 Å². The monoisotopic (exact) mass is 259 g/mol. The summed E-state index contributed by atoms with van der Waals surface area (Å²) in [7, 11) is 5.27. The van der Waals surface area contributed by atoms with E-state index in [1.807, 2.05) is 18.7 Å². The first-order chi connectivity index (χ1) is 8.04.